The minimum absolute atomic E-state index is 0. The predicted molar refractivity (Wildman–Crippen MR) is 74.8 cm³/mol. The highest BCUT2D eigenvalue weighted by Crippen LogP contribution is 2.27. The van der Waals surface area contributed by atoms with Crippen LogP contribution in [0.3, 0.4) is 0 Å². The van der Waals surface area contributed by atoms with Gasteiger partial charge >= 0.3 is 5.97 Å². The summed E-state index contributed by atoms with van der Waals surface area (Å²) in [5.41, 5.74) is 1.30. The van der Waals surface area contributed by atoms with Gasteiger partial charge in [-0.05, 0) is 36.6 Å². The van der Waals surface area contributed by atoms with Crippen molar-refractivity contribution in [2.45, 2.75) is 18.8 Å². The average molecular weight is 290 g/mol. The topological polar surface area (TPSA) is 40.5 Å². The molecule has 0 aliphatic carbocycles. The molecule has 0 bridgehead atoms. The van der Waals surface area contributed by atoms with Crippen LogP contribution in [0.1, 0.15) is 24.3 Å². The van der Waals surface area contributed by atoms with Gasteiger partial charge in [0.15, 0.2) is 0 Å². The van der Waals surface area contributed by atoms with Crippen molar-refractivity contribution in [1.29, 1.82) is 0 Å². The number of carboxylic acids is 1. The van der Waals surface area contributed by atoms with Gasteiger partial charge in [-0.15, -0.1) is 12.4 Å². The Balaban J connectivity index is 0.00000162. The number of hydrogen-bond donors (Lipinski definition) is 1. The van der Waals surface area contributed by atoms with Crippen molar-refractivity contribution in [2.75, 3.05) is 19.6 Å². The van der Waals surface area contributed by atoms with Gasteiger partial charge in [-0.2, -0.15) is 0 Å². The Bertz CT molecular complexity index is 394. The maximum atomic E-state index is 10.5. The van der Waals surface area contributed by atoms with Crippen molar-refractivity contribution in [2.24, 2.45) is 0 Å². The van der Waals surface area contributed by atoms with E-state index in [9.17, 15) is 4.79 Å². The quantitative estimate of drug-likeness (QED) is 0.926. The van der Waals surface area contributed by atoms with Crippen molar-refractivity contribution in [3.05, 3.63) is 34.9 Å². The lowest BCUT2D eigenvalue weighted by molar-refractivity contribution is -0.137. The molecule has 1 N–H and O–H groups in total. The molecule has 0 aromatic heterocycles. The van der Waals surface area contributed by atoms with Gasteiger partial charge in [0.25, 0.3) is 0 Å². The first-order valence-electron chi connectivity index (χ1n) is 5.85. The third-order valence-corrected chi connectivity index (χ3v) is 3.51. The van der Waals surface area contributed by atoms with E-state index in [0.717, 1.165) is 24.5 Å². The molecule has 0 amide bonds. The lowest BCUT2D eigenvalue weighted by Crippen LogP contribution is -2.23. The molecule has 0 saturated carbocycles. The van der Waals surface area contributed by atoms with Crippen molar-refractivity contribution < 1.29 is 9.90 Å². The Morgan fingerprint density at radius 2 is 2.06 bits per heavy atom. The maximum Gasteiger partial charge on any atom is 0.304 e. The summed E-state index contributed by atoms with van der Waals surface area (Å²) >= 11 is 5.86. The van der Waals surface area contributed by atoms with Crippen LogP contribution in [0.15, 0.2) is 24.3 Å². The first kappa shape index (κ1) is 15.3. The highest BCUT2D eigenvalue weighted by atomic mass is 35.5. The monoisotopic (exact) mass is 289 g/mol. The Morgan fingerprint density at radius 3 is 2.67 bits per heavy atom. The molecule has 1 aromatic carbocycles. The van der Waals surface area contributed by atoms with E-state index in [-0.39, 0.29) is 18.8 Å². The SMILES string of the molecule is Cl.O=C(O)CCN1CCC(c2ccc(Cl)cc2)C1. The summed E-state index contributed by atoms with van der Waals surface area (Å²) in [5, 5.41) is 9.40. The summed E-state index contributed by atoms with van der Waals surface area (Å²) in [4.78, 5) is 12.7. The smallest absolute Gasteiger partial charge is 0.304 e. The van der Waals surface area contributed by atoms with Crippen molar-refractivity contribution in [3.63, 3.8) is 0 Å². The second-order valence-electron chi connectivity index (χ2n) is 4.48. The number of carboxylic acid groups (broad SMARTS) is 1. The van der Waals surface area contributed by atoms with Gasteiger partial charge in [0.05, 0.1) is 6.42 Å². The van der Waals surface area contributed by atoms with Crippen LogP contribution in [-0.2, 0) is 4.79 Å². The second kappa shape index (κ2) is 6.98. The molecule has 100 valence electrons. The lowest BCUT2D eigenvalue weighted by Gasteiger charge is -2.14. The summed E-state index contributed by atoms with van der Waals surface area (Å²) < 4.78 is 0. The maximum absolute atomic E-state index is 10.5. The van der Waals surface area contributed by atoms with Gasteiger partial charge in [0.2, 0.25) is 0 Å². The van der Waals surface area contributed by atoms with Crippen LogP contribution in [0.25, 0.3) is 0 Å². The van der Waals surface area contributed by atoms with E-state index in [2.05, 4.69) is 17.0 Å². The fourth-order valence-corrected chi connectivity index (χ4v) is 2.42. The molecule has 1 aliphatic rings. The number of nitrogens with zero attached hydrogens (tertiary/aromatic N) is 1. The molecule has 2 rings (SSSR count). The van der Waals surface area contributed by atoms with Crippen molar-refractivity contribution in [3.8, 4) is 0 Å². The summed E-state index contributed by atoms with van der Waals surface area (Å²) in [7, 11) is 0. The molecule has 1 heterocycles. The number of carbonyl (C=O) groups is 1. The Kier molecular flexibility index (Phi) is 5.93. The number of rotatable bonds is 4. The van der Waals surface area contributed by atoms with E-state index in [1.54, 1.807) is 0 Å². The van der Waals surface area contributed by atoms with E-state index in [0.29, 0.717) is 12.5 Å². The summed E-state index contributed by atoms with van der Waals surface area (Å²) in [5.74, 6) is -0.207. The Morgan fingerprint density at radius 1 is 1.39 bits per heavy atom. The molecule has 1 fully saturated rings. The zero-order chi connectivity index (χ0) is 12.3. The van der Waals surface area contributed by atoms with E-state index in [1.807, 2.05) is 12.1 Å². The van der Waals surface area contributed by atoms with Gasteiger partial charge in [0.1, 0.15) is 0 Å². The molecule has 1 aliphatic heterocycles. The molecule has 1 aromatic rings. The molecule has 0 radical (unpaired) electrons. The normalized spacial score (nSPS) is 19.5. The van der Waals surface area contributed by atoms with Gasteiger partial charge in [-0.3, -0.25) is 4.79 Å². The van der Waals surface area contributed by atoms with Crippen molar-refractivity contribution in [1.82, 2.24) is 4.90 Å². The van der Waals surface area contributed by atoms with Crippen LogP contribution in [0, 0.1) is 0 Å². The highest BCUT2D eigenvalue weighted by Gasteiger charge is 2.23. The molecule has 1 unspecified atom stereocenters. The standard InChI is InChI=1S/C13H16ClNO2.ClH/c14-12-3-1-10(2-4-12)11-5-7-15(9-11)8-6-13(16)17;/h1-4,11H,5-9H2,(H,16,17);1H. The predicted octanol–water partition coefficient (Wildman–Crippen LogP) is 3.03. The lowest BCUT2D eigenvalue weighted by atomic mass is 9.99. The highest BCUT2D eigenvalue weighted by molar-refractivity contribution is 6.30. The zero-order valence-electron chi connectivity index (χ0n) is 10.0. The van der Waals surface area contributed by atoms with E-state index < -0.39 is 5.97 Å². The van der Waals surface area contributed by atoms with E-state index in [1.165, 1.54) is 5.56 Å². The number of benzene rings is 1. The zero-order valence-corrected chi connectivity index (χ0v) is 11.6. The molecule has 18 heavy (non-hydrogen) atoms. The van der Waals surface area contributed by atoms with Gasteiger partial charge in [-0.1, -0.05) is 23.7 Å². The summed E-state index contributed by atoms with van der Waals surface area (Å²) in [6.45, 7) is 2.59. The average Bonchev–Trinajstić information content (AvgIpc) is 2.76. The minimum Gasteiger partial charge on any atom is -0.481 e. The number of likely N-dealkylation sites (tertiary alicyclic amines) is 1. The van der Waals surface area contributed by atoms with Crippen LogP contribution in [0.4, 0.5) is 0 Å². The third kappa shape index (κ3) is 4.16. The molecule has 1 saturated heterocycles. The Hall–Kier alpha value is -0.770. The van der Waals surface area contributed by atoms with Gasteiger partial charge in [-0.25, -0.2) is 0 Å². The van der Waals surface area contributed by atoms with Crippen LogP contribution < -0.4 is 0 Å². The number of aliphatic carboxylic acids is 1. The molecule has 0 spiro atoms. The second-order valence-corrected chi connectivity index (χ2v) is 4.92. The fourth-order valence-electron chi connectivity index (χ4n) is 2.30. The first-order valence-corrected chi connectivity index (χ1v) is 6.22. The molecular formula is C13H17Cl2NO2. The number of halogens is 2. The third-order valence-electron chi connectivity index (χ3n) is 3.26. The largest absolute Gasteiger partial charge is 0.481 e. The summed E-state index contributed by atoms with van der Waals surface area (Å²) in [6, 6.07) is 7.95. The van der Waals surface area contributed by atoms with E-state index >= 15 is 0 Å². The molecular weight excluding hydrogens is 273 g/mol. The molecule has 5 heteroatoms. The first-order chi connectivity index (χ1) is 8.15. The minimum atomic E-state index is -0.722. The fraction of sp³-hybridized carbons (Fsp3) is 0.462. The molecule has 1 atom stereocenters. The van der Waals surface area contributed by atoms with Gasteiger partial charge < -0.3 is 10.0 Å². The van der Waals surface area contributed by atoms with Crippen LogP contribution in [0.2, 0.25) is 5.02 Å². The van der Waals surface area contributed by atoms with E-state index in [4.69, 9.17) is 16.7 Å². The van der Waals surface area contributed by atoms with Crippen LogP contribution in [-0.4, -0.2) is 35.6 Å². The van der Waals surface area contributed by atoms with Crippen LogP contribution >= 0.6 is 24.0 Å². The number of hydrogen-bond acceptors (Lipinski definition) is 2. The van der Waals surface area contributed by atoms with Gasteiger partial charge in [0, 0.05) is 18.1 Å². The Labute approximate surface area is 118 Å². The molecule has 3 nitrogen and oxygen atoms in total. The van der Waals surface area contributed by atoms with Crippen LogP contribution in [0.5, 0.6) is 0 Å². The van der Waals surface area contributed by atoms with Crippen molar-refractivity contribution >= 4 is 30.0 Å². The summed E-state index contributed by atoms with van der Waals surface area (Å²) in [6.07, 6.45) is 1.33.